The zero-order valence-electron chi connectivity index (χ0n) is 42.6. The number of nitrogens with zero attached hydrogens (tertiary/aromatic N) is 6. The number of likely N-dealkylation sites (N-methyl/N-ethyl adjacent to an activating group) is 1. The van der Waals surface area contributed by atoms with E-state index in [1.54, 1.807) is 12.3 Å². The van der Waals surface area contributed by atoms with Crippen LogP contribution in [0.4, 0.5) is 59.3 Å². The summed E-state index contributed by atoms with van der Waals surface area (Å²) in [6, 6.07) is 5.36. The molecule has 4 amide bonds. The summed E-state index contributed by atoms with van der Waals surface area (Å²) in [6.45, 7) is -0.726. The van der Waals surface area contributed by atoms with Gasteiger partial charge < -0.3 is 40.5 Å². The fourth-order valence-electron chi connectivity index (χ4n) is 8.52. The number of carboxylic acid groups (broad SMARTS) is 1. The number of halogens is 10. The number of carbonyl (C=O) groups is 4. The molecule has 0 saturated carbocycles. The molecule has 2 aliphatic rings. The van der Waals surface area contributed by atoms with Gasteiger partial charge in [-0.05, 0) is 89.2 Å². The summed E-state index contributed by atoms with van der Waals surface area (Å²) in [6.07, 6.45) is -14.3. The number of amides is 4. The molecule has 6 N–H and O–H groups in total. The monoisotopic (exact) mass is 1110 g/mol. The minimum Gasteiger partial charge on any atom is -0.465 e. The Morgan fingerprint density at radius 1 is 0.833 bits per heavy atom. The highest BCUT2D eigenvalue weighted by molar-refractivity contribution is 5.87. The summed E-state index contributed by atoms with van der Waals surface area (Å²) in [5, 5.41) is 31.0. The normalized spacial score (nSPS) is 17.8. The summed E-state index contributed by atoms with van der Waals surface area (Å²) in [5.41, 5.74) is -4.72. The lowest BCUT2D eigenvalue weighted by Gasteiger charge is -2.48. The van der Waals surface area contributed by atoms with E-state index >= 15 is 8.78 Å². The highest BCUT2D eigenvalue weighted by atomic mass is 19.4. The second-order valence-electron chi connectivity index (χ2n) is 19.8. The van der Waals surface area contributed by atoms with E-state index in [1.165, 1.54) is 29.6 Å². The van der Waals surface area contributed by atoms with Gasteiger partial charge in [0, 0.05) is 60.8 Å². The van der Waals surface area contributed by atoms with Gasteiger partial charge >= 0.3 is 31.1 Å². The van der Waals surface area contributed by atoms with E-state index in [9.17, 15) is 64.5 Å². The van der Waals surface area contributed by atoms with Crippen molar-refractivity contribution in [2.24, 2.45) is 10.8 Å². The van der Waals surface area contributed by atoms with Crippen LogP contribution in [0.3, 0.4) is 0 Å². The number of alkyl carbamates (subject to hydrolysis) is 1. The predicted octanol–water partition coefficient (Wildman–Crippen LogP) is 6.00. The van der Waals surface area contributed by atoms with Crippen molar-refractivity contribution in [2.75, 3.05) is 51.9 Å². The van der Waals surface area contributed by atoms with E-state index in [0.717, 1.165) is 38.3 Å². The average molecular weight is 1120 g/mol. The number of benzene rings is 2. The van der Waals surface area contributed by atoms with Gasteiger partial charge in [-0.2, -0.15) is 40.2 Å². The van der Waals surface area contributed by atoms with Crippen LogP contribution in [0, 0.1) is 34.3 Å². The highest BCUT2D eigenvalue weighted by Crippen LogP contribution is 2.42. The minimum atomic E-state index is -5.29. The minimum absolute atomic E-state index is 0.185. The van der Waals surface area contributed by atoms with Crippen molar-refractivity contribution in [3.8, 4) is 23.1 Å². The quantitative estimate of drug-likeness (QED) is 0.0384. The molecule has 0 spiro atoms. The first-order valence-electron chi connectivity index (χ1n) is 23.8. The van der Waals surface area contributed by atoms with Crippen molar-refractivity contribution in [3.05, 3.63) is 101 Å². The number of hydrogen-bond donors (Lipinski definition) is 6. The first-order chi connectivity index (χ1) is 36.4. The third kappa shape index (κ3) is 14.3. The van der Waals surface area contributed by atoms with Gasteiger partial charge in [0.1, 0.15) is 29.5 Å². The van der Waals surface area contributed by atoms with E-state index in [2.05, 4.69) is 48.8 Å². The van der Waals surface area contributed by atoms with E-state index in [-0.39, 0.29) is 33.6 Å². The number of methoxy groups -OCH3 is 1. The fourth-order valence-corrected chi connectivity index (χ4v) is 8.52. The third-order valence-corrected chi connectivity index (χ3v) is 13.7. The van der Waals surface area contributed by atoms with Crippen LogP contribution in [0.25, 0.3) is 11.3 Å². The SMILES string of the molecule is COC(=O)NC(C(=O)NC(Cc1ccc(C#Cc2ccc(N3CC4COCC(C3)N4C)nc2)cc1)C(O)CN(Cc1c(F)cc(-c2ccn(C(F)F)n2)cc1F)NC(=O)C(NC(=O)O)C(C)(C)C(F)(F)F)C(C)(C)C(F)(F)F. The van der Waals surface area contributed by atoms with Crippen molar-refractivity contribution in [1.29, 1.82) is 0 Å². The second-order valence-corrected chi connectivity index (χ2v) is 19.8. The van der Waals surface area contributed by atoms with E-state index in [4.69, 9.17) is 4.74 Å². The zero-order valence-corrected chi connectivity index (χ0v) is 42.6. The Labute approximate surface area is 440 Å². The summed E-state index contributed by atoms with van der Waals surface area (Å²) < 4.78 is 155. The molecule has 4 aromatic rings. The molecule has 2 aliphatic heterocycles. The molecule has 18 nitrogen and oxygen atoms in total. The molecule has 6 unspecified atom stereocenters. The average Bonchev–Trinajstić information content (AvgIpc) is 3.90. The van der Waals surface area contributed by atoms with Crippen molar-refractivity contribution in [3.63, 3.8) is 0 Å². The molecule has 78 heavy (non-hydrogen) atoms. The second kappa shape index (κ2) is 24.2. The largest absolute Gasteiger partial charge is 0.465 e. The molecule has 0 radical (unpaired) electrons. The lowest BCUT2D eigenvalue weighted by molar-refractivity contribution is -0.221. The third-order valence-electron chi connectivity index (χ3n) is 13.7. The number of piperazine rings is 1. The van der Waals surface area contributed by atoms with E-state index in [0.29, 0.717) is 69.2 Å². The molecule has 2 fully saturated rings. The molecule has 6 rings (SSSR count). The Morgan fingerprint density at radius 3 is 1.91 bits per heavy atom. The van der Waals surface area contributed by atoms with Crippen molar-refractivity contribution >= 4 is 29.8 Å². The first-order valence-corrected chi connectivity index (χ1v) is 23.8. The number of anilines is 1. The topological polar surface area (TPSA) is 216 Å². The fraction of sp³-hybridized carbons (Fsp3) is 0.480. The number of nitrogens with one attached hydrogen (secondary N) is 4. The van der Waals surface area contributed by atoms with Gasteiger partial charge in [-0.25, -0.2) is 33.0 Å². The standard InChI is InChI=1S/C50H56F10N10O8/c1-47(2,49(55,56)57)40(64-46(76)77-6)42(72)62-37(17-28-10-7-27(8-11-28)9-12-29-13-14-39(61-20-29)68-21-31-25-78-26-32(22-68)67(31)5)38(71)24-69(66-43(73)41(63-45(74)75)48(3,4)50(58,59)60)23-33-34(51)18-30(19-35(33)52)36-15-16-70(65-36)44(53)54/h7-8,10-11,13-16,18-20,31-32,37-38,40-41,44,63,71H,17,21-26H2,1-6H3,(H,62,72)(H,64,76)(H,66,73)(H,74,75). The molecule has 2 aromatic heterocycles. The van der Waals surface area contributed by atoms with Gasteiger partial charge in [-0.1, -0.05) is 24.0 Å². The van der Waals surface area contributed by atoms with Crippen LogP contribution < -0.4 is 26.3 Å². The molecule has 424 valence electrons. The maximum absolute atomic E-state index is 16.0. The van der Waals surface area contributed by atoms with Crippen LogP contribution in [0.5, 0.6) is 0 Å². The molecule has 2 aromatic carbocycles. The van der Waals surface area contributed by atoms with Gasteiger partial charge in [-0.3, -0.25) is 19.9 Å². The van der Waals surface area contributed by atoms with Crippen LogP contribution in [0.2, 0.25) is 0 Å². The number of hydrazine groups is 1. The first kappa shape index (κ1) is 60.0. The Morgan fingerprint density at radius 2 is 1.40 bits per heavy atom. The number of aliphatic hydroxyl groups is 1. The van der Waals surface area contributed by atoms with E-state index in [1.807, 2.05) is 16.8 Å². The Hall–Kier alpha value is -7.22. The maximum atomic E-state index is 16.0. The number of fused-ring (bicyclic) bond motifs is 2. The number of aromatic nitrogens is 3. The van der Waals surface area contributed by atoms with E-state index < -0.39 is 115 Å². The Kier molecular flexibility index (Phi) is 18.6. The molecule has 4 heterocycles. The summed E-state index contributed by atoms with van der Waals surface area (Å²) in [5.74, 6) is 0.501. The lowest BCUT2D eigenvalue weighted by Crippen LogP contribution is -2.63. The molecule has 2 saturated heterocycles. The van der Waals surface area contributed by atoms with Crippen molar-refractivity contribution in [2.45, 2.75) is 95.9 Å². The van der Waals surface area contributed by atoms with Gasteiger partial charge in [0.05, 0.1) is 61.1 Å². The molecular formula is C50H56F10N10O8. The van der Waals surface area contributed by atoms with Gasteiger partial charge in [0.15, 0.2) is 0 Å². The smallest absolute Gasteiger partial charge is 0.407 e. The van der Waals surface area contributed by atoms with Crippen molar-refractivity contribution in [1.82, 2.24) is 46.0 Å². The Balaban J connectivity index is 1.33. The number of morpholine rings is 1. The Bertz CT molecular complexity index is 2800. The summed E-state index contributed by atoms with van der Waals surface area (Å²) in [7, 11) is 2.87. The zero-order chi connectivity index (χ0) is 57.7. The van der Waals surface area contributed by atoms with Crippen LogP contribution in [-0.2, 0) is 32.0 Å². The van der Waals surface area contributed by atoms with Crippen LogP contribution in [-0.4, -0.2) is 155 Å². The number of ether oxygens (including phenoxy) is 2. The van der Waals surface area contributed by atoms with Crippen LogP contribution in [0.15, 0.2) is 67.0 Å². The molecule has 0 aliphatic carbocycles. The number of rotatable bonds is 18. The van der Waals surface area contributed by atoms with Gasteiger partial charge in [0.25, 0.3) is 5.91 Å². The number of hydrogen-bond acceptors (Lipinski definition) is 12. The predicted molar refractivity (Wildman–Crippen MR) is 258 cm³/mol. The van der Waals surface area contributed by atoms with Crippen molar-refractivity contribution < 1.29 is 82.8 Å². The molecular weight excluding hydrogens is 1060 g/mol. The molecule has 28 heteroatoms. The number of carbonyl (C=O) groups excluding carboxylic acids is 3. The van der Waals surface area contributed by atoms with Gasteiger partial charge in [0.2, 0.25) is 5.91 Å². The molecule has 6 atom stereocenters. The van der Waals surface area contributed by atoms with Crippen LogP contribution >= 0.6 is 0 Å². The maximum Gasteiger partial charge on any atom is 0.407 e. The number of pyridine rings is 1. The lowest BCUT2D eigenvalue weighted by atomic mass is 9.82. The number of aliphatic hydroxyl groups excluding tert-OH is 1. The molecule has 2 bridgehead atoms. The summed E-state index contributed by atoms with van der Waals surface area (Å²) >= 11 is 0. The highest BCUT2D eigenvalue weighted by Gasteiger charge is 2.57. The summed E-state index contributed by atoms with van der Waals surface area (Å²) in [4.78, 5) is 61.0. The van der Waals surface area contributed by atoms with Gasteiger partial charge in [-0.15, -0.1) is 0 Å². The number of alkyl halides is 8. The van der Waals surface area contributed by atoms with Crippen LogP contribution in [0.1, 0.15) is 56.5 Å².